The molecular weight excluding hydrogens is 386 g/mol. The minimum absolute atomic E-state index is 0.127. The van der Waals surface area contributed by atoms with Gasteiger partial charge in [-0.1, -0.05) is 44.2 Å². The third-order valence-corrected chi connectivity index (χ3v) is 7.11. The number of aromatic nitrogens is 4. The molecule has 3 heterocycles. The molecule has 1 aromatic carbocycles. The zero-order chi connectivity index (χ0) is 22.2. The lowest BCUT2D eigenvalue weighted by Gasteiger charge is -2.38. The molecule has 0 bridgehead atoms. The average molecular weight is 420 g/mol. The average Bonchev–Trinajstić information content (AvgIpc) is 3.39. The van der Waals surface area contributed by atoms with Gasteiger partial charge in [-0.05, 0) is 51.2 Å². The van der Waals surface area contributed by atoms with E-state index in [1.54, 1.807) is 6.20 Å². The number of ketones is 1. The number of carbonyl (C=O) groups is 1. The van der Waals surface area contributed by atoms with E-state index in [2.05, 4.69) is 72.6 Å². The van der Waals surface area contributed by atoms with Crippen LogP contribution in [0, 0.1) is 6.92 Å². The number of anilines is 1. The molecule has 3 aromatic rings. The third kappa shape index (κ3) is 3.68. The van der Waals surface area contributed by atoms with Crippen molar-refractivity contribution in [1.82, 2.24) is 20.0 Å². The summed E-state index contributed by atoms with van der Waals surface area (Å²) in [6, 6.07) is 10.6. The maximum absolute atomic E-state index is 13.6. The fourth-order valence-electron chi connectivity index (χ4n) is 5.10. The number of nitrogens with one attached hydrogen (secondary N) is 2. The zero-order valence-corrected chi connectivity index (χ0v) is 19.2. The van der Waals surface area contributed by atoms with Crippen LogP contribution in [0.1, 0.15) is 86.6 Å². The van der Waals surface area contributed by atoms with Crippen LogP contribution in [-0.4, -0.2) is 25.8 Å². The largest absolute Gasteiger partial charge is 0.363 e. The van der Waals surface area contributed by atoms with Gasteiger partial charge in [0.1, 0.15) is 5.82 Å². The topological polar surface area (TPSA) is 75.6 Å². The number of hydrogen-bond donors (Lipinski definition) is 2. The van der Waals surface area contributed by atoms with E-state index in [0.29, 0.717) is 12.0 Å². The first-order valence-electron chi connectivity index (χ1n) is 11.2. The fraction of sp³-hybridized carbons (Fsp3) is 0.480. The Morgan fingerprint density at radius 2 is 1.90 bits per heavy atom. The van der Waals surface area contributed by atoms with Crippen LogP contribution < -0.4 is 5.32 Å². The summed E-state index contributed by atoms with van der Waals surface area (Å²) in [5.41, 5.74) is 3.67. The van der Waals surface area contributed by atoms with E-state index in [9.17, 15) is 4.79 Å². The molecule has 0 saturated heterocycles. The predicted octanol–water partition coefficient (Wildman–Crippen LogP) is 5.54. The van der Waals surface area contributed by atoms with Gasteiger partial charge in [-0.3, -0.25) is 9.89 Å². The minimum atomic E-state index is -0.230. The molecule has 1 unspecified atom stereocenters. The van der Waals surface area contributed by atoms with Crippen molar-refractivity contribution in [2.45, 2.75) is 77.3 Å². The molecule has 6 nitrogen and oxygen atoms in total. The van der Waals surface area contributed by atoms with Crippen molar-refractivity contribution >= 4 is 11.6 Å². The molecule has 164 valence electrons. The summed E-state index contributed by atoms with van der Waals surface area (Å²) in [6.07, 6.45) is 6.74. The molecule has 1 aliphatic heterocycles. The van der Waals surface area contributed by atoms with Crippen LogP contribution in [0.3, 0.4) is 0 Å². The number of aromatic amines is 1. The van der Waals surface area contributed by atoms with Gasteiger partial charge in [-0.15, -0.1) is 0 Å². The minimum Gasteiger partial charge on any atom is -0.363 e. The second kappa shape index (κ2) is 7.98. The smallest absolute Gasteiger partial charge is 0.169 e. The Kier molecular flexibility index (Phi) is 5.50. The highest BCUT2D eigenvalue weighted by molar-refractivity contribution is 6.01. The zero-order valence-electron chi connectivity index (χ0n) is 19.2. The number of H-pyrrole nitrogens is 1. The van der Waals surface area contributed by atoms with Crippen LogP contribution in [0.2, 0.25) is 0 Å². The number of carbonyl (C=O) groups excluding carboxylic acids is 1. The van der Waals surface area contributed by atoms with Gasteiger partial charge >= 0.3 is 0 Å². The molecule has 6 heteroatoms. The molecule has 0 fully saturated rings. The Hall–Kier alpha value is -2.89. The van der Waals surface area contributed by atoms with Gasteiger partial charge in [0.15, 0.2) is 5.78 Å². The van der Waals surface area contributed by atoms with Crippen LogP contribution in [0.5, 0.6) is 0 Å². The Balaban J connectivity index is 1.68. The van der Waals surface area contributed by atoms with Crippen LogP contribution in [0.4, 0.5) is 5.82 Å². The van der Waals surface area contributed by atoms with Gasteiger partial charge in [0.25, 0.3) is 0 Å². The molecule has 0 spiro atoms. The summed E-state index contributed by atoms with van der Waals surface area (Å²) in [6.45, 7) is 10.7. The number of fused-ring (bicyclic) bond motifs is 1. The summed E-state index contributed by atoms with van der Waals surface area (Å²) in [4.78, 5) is 13.6. The first-order valence-corrected chi connectivity index (χ1v) is 11.2. The van der Waals surface area contributed by atoms with Crippen molar-refractivity contribution in [1.29, 1.82) is 0 Å². The number of benzene rings is 1. The lowest BCUT2D eigenvalue weighted by atomic mass is 9.72. The molecule has 0 aliphatic carbocycles. The van der Waals surface area contributed by atoms with Crippen molar-refractivity contribution in [3.05, 3.63) is 65.1 Å². The maximum Gasteiger partial charge on any atom is 0.169 e. The molecule has 1 atom stereocenters. The first kappa shape index (κ1) is 21.3. The van der Waals surface area contributed by atoms with Gasteiger partial charge in [-0.25, -0.2) is 4.68 Å². The van der Waals surface area contributed by atoms with Crippen molar-refractivity contribution in [3.63, 3.8) is 0 Å². The number of hydrogen-bond acceptors (Lipinski definition) is 4. The van der Waals surface area contributed by atoms with Crippen LogP contribution in [-0.2, 0) is 11.0 Å². The van der Waals surface area contributed by atoms with E-state index in [1.807, 2.05) is 23.9 Å². The first-order chi connectivity index (χ1) is 14.8. The van der Waals surface area contributed by atoms with Crippen molar-refractivity contribution in [2.24, 2.45) is 0 Å². The quantitative estimate of drug-likeness (QED) is 0.493. The van der Waals surface area contributed by atoms with Crippen molar-refractivity contribution in [3.8, 4) is 0 Å². The highest BCUT2D eigenvalue weighted by atomic mass is 16.1. The highest BCUT2D eigenvalue weighted by Crippen LogP contribution is 2.42. The van der Waals surface area contributed by atoms with E-state index in [1.165, 1.54) is 5.56 Å². The standard InChI is InChI=1S/C25H33N5O/c1-6-25(7-2,20-16-26-29-17(20)3)14-22(31)19-15-27-30-23(19)28-21(13-24(30,4)5)18-11-9-8-10-12-18/h8-12,15-16,21,28H,6-7,13-14H2,1-5H3,(H,26,29). The summed E-state index contributed by atoms with van der Waals surface area (Å²) < 4.78 is 1.99. The molecule has 1 aliphatic rings. The van der Waals surface area contributed by atoms with Crippen molar-refractivity contribution < 1.29 is 4.79 Å². The van der Waals surface area contributed by atoms with Gasteiger partial charge < -0.3 is 5.32 Å². The Labute approximate surface area is 184 Å². The number of nitrogens with zero attached hydrogens (tertiary/aromatic N) is 3. The Morgan fingerprint density at radius 1 is 1.19 bits per heavy atom. The maximum atomic E-state index is 13.6. The van der Waals surface area contributed by atoms with Gasteiger partial charge in [-0.2, -0.15) is 10.2 Å². The van der Waals surface area contributed by atoms with E-state index < -0.39 is 0 Å². The molecule has 0 radical (unpaired) electrons. The monoisotopic (exact) mass is 419 g/mol. The van der Waals surface area contributed by atoms with E-state index in [-0.39, 0.29) is 22.8 Å². The highest BCUT2D eigenvalue weighted by Gasteiger charge is 2.39. The number of Topliss-reactive ketones (excluding diaryl/α,β-unsaturated/α-hetero) is 1. The number of rotatable bonds is 7. The number of aryl methyl sites for hydroxylation is 1. The lowest BCUT2D eigenvalue weighted by molar-refractivity contribution is 0.0944. The normalized spacial score (nSPS) is 17.8. The van der Waals surface area contributed by atoms with Crippen LogP contribution >= 0.6 is 0 Å². The van der Waals surface area contributed by atoms with Gasteiger partial charge in [0, 0.05) is 17.5 Å². The SMILES string of the molecule is CCC(CC)(CC(=O)c1cnn2c1NC(c1ccccc1)CC2(C)C)c1cn[nH]c1C. The summed E-state index contributed by atoms with van der Waals surface area (Å²) in [5, 5.41) is 15.5. The fourth-order valence-corrected chi connectivity index (χ4v) is 5.10. The molecule has 31 heavy (non-hydrogen) atoms. The Bertz CT molecular complexity index is 1060. The summed E-state index contributed by atoms with van der Waals surface area (Å²) >= 11 is 0. The van der Waals surface area contributed by atoms with Crippen LogP contribution in [0.15, 0.2) is 42.7 Å². The van der Waals surface area contributed by atoms with Gasteiger partial charge in [0.2, 0.25) is 0 Å². The predicted molar refractivity (Wildman–Crippen MR) is 124 cm³/mol. The second-order valence-corrected chi connectivity index (χ2v) is 9.44. The van der Waals surface area contributed by atoms with E-state index in [0.717, 1.165) is 36.3 Å². The molecule has 2 N–H and O–H groups in total. The third-order valence-electron chi connectivity index (χ3n) is 7.11. The molecule has 0 saturated carbocycles. The summed E-state index contributed by atoms with van der Waals surface area (Å²) in [5.74, 6) is 0.961. The Morgan fingerprint density at radius 3 is 2.52 bits per heavy atom. The molecule has 0 amide bonds. The van der Waals surface area contributed by atoms with E-state index >= 15 is 0 Å². The molecule has 2 aromatic heterocycles. The van der Waals surface area contributed by atoms with Gasteiger partial charge in [0.05, 0.1) is 29.5 Å². The molecule has 4 rings (SSSR count). The molecular formula is C25H33N5O. The van der Waals surface area contributed by atoms with E-state index in [4.69, 9.17) is 0 Å². The second-order valence-electron chi connectivity index (χ2n) is 9.44. The summed E-state index contributed by atoms with van der Waals surface area (Å²) in [7, 11) is 0. The van der Waals surface area contributed by atoms with Crippen molar-refractivity contribution in [2.75, 3.05) is 5.32 Å². The lowest BCUT2D eigenvalue weighted by Crippen LogP contribution is -2.38. The van der Waals surface area contributed by atoms with Crippen LogP contribution in [0.25, 0.3) is 0 Å².